The summed E-state index contributed by atoms with van der Waals surface area (Å²) in [6, 6.07) is 23.3. The molecule has 0 aliphatic heterocycles. The van der Waals surface area contributed by atoms with Crippen LogP contribution in [0.5, 0.6) is 0 Å². The summed E-state index contributed by atoms with van der Waals surface area (Å²) in [4.78, 5) is 0. The van der Waals surface area contributed by atoms with Crippen molar-refractivity contribution in [1.82, 2.24) is 0 Å². The molecule has 3 aromatic rings. The van der Waals surface area contributed by atoms with Crippen LogP contribution in [-0.4, -0.2) is 0 Å². The molecule has 0 radical (unpaired) electrons. The molecule has 0 aliphatic rings. The predicted molar refractivity (Wildman–Crippen MR) is 142 cm³/mol. The van der Waals surface area contributed by atoms with Crippen LogP contribution >= 0.6 is 0 Å². The van der Waals surface area contributed by atoms with E-state index in [0.717, 1.165) is 0 Å². The van der Waals surface area contributed by atoms with Crippen molar-refractivity contribution in [2.75, 3.05) is 0 Å². The Balaban J connectivity index is 1.75. The molecular weight excluding hydrogens is 384 g/mol. The fourth-order valence-electron chi connectivity index (χ4n) is 4.67. The summed E-state index contributed by atoms with van der Waals surface area (Å²) < 4.78 is 0. The first kappa shape index (κ1) is 24.3. The van der Waals surface area contributed by atoms with Crippen molar-refractivity contribution in [2.45, 2.75) is 91.9 Å². The Bertz CT molecular complexity index is 868. The van der Waals surface area contributed by atoms with Gasteiger partial charge in [-0.2, -0.15) is 0 Å². The molecule has 0 saturated carbocycles. The molecule has 3 rings (SSSR count). The fraction of sp³-hybridized carbons (Fsp3) is 0.438. The first-order valence-electron chi connectivity index (χ1n) is 12.9. The van der Waals surface area contributed by atoms with Gasteiger partial charge in [-0.25, -0.2) is 0 Å². The Morgan fingerprint density at radius 1 is 0.500 bits per heavy atom. The van der Waals surface area contributed by atoms with Crippen LogP contribution in [0.2, 0.25) is 0 Å². The summed E-state index contributed by atoms with van der Waals surface area (Å²) in [7, 11) is 0. The van der Waals surface area contributed by atoms with Crippen LogP contribution < -0.4 is 0 Å². The van der Waals surface area contributed by atoms with E-state index >= 15 is 0 Å². The van der Waals surface area contributed by atoms with Crippen molar-refractivity contribution in [2.24, 2.45) is 0 Å². The zero-order valence-corrected chi connectivity index (χ0v) is 20.8. The number of hydrogen-bond acceptors (Lipinski definition) is 0. The molecule has 170 valence electrons. The molecule has 0 unspecified atom stereocenters. The van der Waals surface area contributed by atoms with Gasteiger partial charge < -0.3 is 0 Å². The Labute approximate surface area is 197 Å². The molecule has 0 aromatic heterocycles. The van der Waals surface area contributed by atoms with Crippen LogP contribution in [0.3, 0.4) is 0 Å². The lowest BCUT2D eigenvalue weighted by molar-refractivity contribution is 0.667. The highest BCUT2D eigenvalue weighted by atomic mass is 14.1. The quantitative estimate of drug-likeness (QED) is 0.253. The molecule has 0 bridgehead atoms. The molecule has 0 saturated heterocycles. The Kier molecular flexibility index (Phi) is 9.60. The molecule has 0 spiro atoms. The molecule has 0 N–H and O–H groups in total. The van der Waals surface area contributed by atoms with Gasteiger partial charge in [-0.3, -0.25) is 0 Å². The van der Waals surface area contributed by atoms with Crippen molar-refractivity contribution in [3.05, 3.63) is 82.9 Å². The molecule has 0 amide bonds. The van der Waals surface area contributed by atoms with Gasteiger partial charge in [0.1, 0.15) is 0 Å². The minimum Gasteiger partial charge on any atom is -0.0654 e. The van der Waals surface area contributed by atoms with E-state index in [0.29, 0.717) is 0 Å². The summed E-state index contributed by atoms with van der Waals surface area (Å²) in [6.45, 7) is 9.05. The van der Waals surface area contributed by atoms with Gasteiger partial charge in [0.05, 0.1) is 0 Å². The normalized spacial score (nSPS) is 11.1. The predicted octanol–water partition coefficient (Wildman–Crippen LogP) is 9.88. The van der Waals surface area contributed by atoms with Gasteiger partial charge in [0.25, 0.3) is 0 Å². The topological polar surface area (TPSA) is 0 Å². The van der Waals surface area contributed by atoms with E-state index in [1.807, 2.05) is 0 Å². The van der Waals surface area contributed by atoms with Crippen molar-refractivity contribution in [3.63, 3.8) is 0 Å². The van der Waals surface area contributed by atoms with Crippen LogP contribution in [0.1, 0.15) is 87.5 Å². The third-order valence-corrected chi connectivity index (χ3v) is 6.72. The lowest BCUT2D eigenvalue weighted by Gasteiger charge is -2.15. The molecule has 0 heteroatoms. The maximum Gasteiger partial charge on any atom is -0.0146 e. The first-order chi connectivity index (χ1) is 15.6. The first-order valence-corrected chi connectivity index (χ1v) is 12.9. The molecule has 0 aliphatic carbocycles. The fourth-order valence-corrected chi connectivity index (χ4v) is 4.67. The maximum absolute atomic E-state index is 2.34. The molecule has 32 heavy (non-hydrogen) atoms. The minimum atomic E-state index is 1.20. The van der Waals surface area contributed by atoms with E-state index in [-0.39, 0.29) is 0 Å². The van der Waals surface area contributed by atoms with Gasteiger partial charge in [-0.15, -0.1) is 0 Å². The maximum atomic E-state index is 2.34. The summed E-state index contributed by atoms with van der Waals surface area (Å²) in [5.74, 6) is 0. The Hall–Kier alpha value is -2.34. The van der Waals surface area contributed by atoms with Crippen LogP contribution in [0.25, 0.3) is 22.3 Å². The van der Waals surface area contributed by atoms with Crippen LogP contribution in [0.15, 0.2) is 60.7 Å². The van der Waals surface area contributed by atoms with Gasteiger partial charge in [-0.1, -0.05) is 113 Å². The largest absolute Gasteiger partial charge is 0.0654 e. The van der Waals surface area contributed by atoms with Crippen molar-refractivity contribution in [1.29, 1.82) is 0 Å². The van der Waals surface area contributed by atoms with E-state index in [1.165, 1.54) is 109 Å². The van der Waals surface area contributed by atoms with E-state index in [4.69, 9.17) is 0 Å². The van der Waals surface area contributed by atoms with Gasteiger partial charge in [0.2, 0.25) is 0 Å². The standard InChI is InChI=1S/C32H42/c1-5-7-9-11-13-27-15-19-29(20-16-27)31-23-25(3)24-32(26(31)4)30-21-17-28(18-22-30)14-12-10-8-6-2/h15-24H,5-14H2,1-4H3. The van der Waals surface area contributed by atoms with Crippen LogP contribution in [0, 0.1) is 13.8 Å². The monoisotopic (exact) mass is 426 g/mol. The van der Waals surface area contributed by atoms with Gasteiger partial charge in [0, 0.05) is 0 Å². The van der Waals surface area contributed by atoms with Gasteiger partial charge in [0.15, 0.2) is 0 Å². The molecular formula is C32H42. The molecule has 0 heterocycles. The zero-order valence-electron chi connectivity index (χ0n) is 20.8. The van der Waals surface area contributed by atoms with Crippen LogP contribution in [-0.2, 0) is 12.8 Å². The molecule has 0 atom stereocenters. The van der Waals surface area contributed by atoms with Crippen molar-refractivity contribution >= 4 is 0 Å². The Morgan fingerprint density at radius 3 is 1.28 bits per heavy atom. The average Bonchev–Trinajstić information content (AvgIpc) is 2.82. The summed E-state index contributed by atoms with van der Waals surface area (Å²) in [5, 5.41) is 0. The summed E-state index contributed by atoms with van der Waals surface area (Å²) >= 11 is 0. The molecule has 0 fully saturated rings. The summed E-state index contributed by atoms with van der Waals surface area (Å²) in [5.41, 5.74) is 11.0. The number of benzene rings is 3. The minimum absolute atomic E-state index is 1.20. The SMILES string of the molecule is CCCCCCc1ccc(-c2cc(C)cc(-c3ccc(CCCCCC)cc3)c2C)cc1. The number of aryl methyl sites for hydroxylation is 3. The molecule has 3 aromatic carbocycles. The smallest absolute Gasteiger partial charge is 0.0146 e. The lowest BCUT2D eigenvalue weighted by atomic mass is 9.90. The highest BCUT2D eigenvalue weighted by Crippen LogP contribution is 2.34. The second-order valence-corrected chi connectivity index (χ2v) is 9.50. The second-order valence-electron chi connectivity index (χ2n) is 9.50. The van der Waals surface area contributed by atoms with Crippen molar-refractivity contribution < 1.29 is 0 Å². The van der Waals surface area contributed by atoms with E-state index in [1.54, 1.807) is 0 Å². The number of rotatable bonds is 12. The zero-order chi connectivity index (χ0) is 22.8. The highest BCUT2D eigenvalue weighted by Gasteiger charge is 2.10. The average molecular weight is 427 g/mol. The van der Waals surface area contributed by atoms with E-state index in [9.17, 15) is 0 Å². The van der Waals surface area contributed by atoms with Gasteiger partial charge >= 0.3 is 0 Å². The van der Waals surface area contributed by atoms with Crippen molar-refractivity contribution in [3.8, 4) is 22.3 Å². The third kappa shape index (κ3) is 6.83. The Morgan fingerprint density at radius 2 is 0.906 bits per heavy atom. The third-order valence-electron chi connectivity index (χ3n) is 6.72. The van der Waals surface area contributed by atoms with Gasteiger partial charge in [-0.05, 0) is 84.0 Å². The van der Waals surface area contributed by atoms with E-state index in [2.05, 4.69) is 88.4 Å². The second kappa shape index (κ2) is 12.6. The van der Waals surface area contributed by atoms with E-state index < -0.39 is 0 Å². The van der Waals surface area contributed by atoms with Crippen LogP contribution in [0.4, 0.5) is 0 Å². The molecule has 0 nitrogen and oxygen atoms in total. The lowest BCUT2D eigenvalue weighted by Crippen LogP contribution is -1.93. The number of hydrogen-bond donors (Lipinski definition) is 0. The highest BCUT2D eigenvalue weighted by molar-refractivity contribution is 5.79. The number of unbranched alkanes of at least 4 members (excludes halogenated alkanes) is 6. The summed E-state index contributed by atoms with van der Waals surface area (Å²) in [6.07, 6.45) is 13.0.